The molecule has 0 saturated carbocycles. The van der Waals surface area contributed by atoms with E-state index in [9.17, 15) is 14.7 Å². The van der Waals surface area contributed by atoms with Crippen molar-refractivity contribution in [2.45, 2.75) is 31.4 Å². The summed E-state index contributed by atoms with van der Waals surface area (Å²) in [5.74, 6) is 0.436. The molecule has 2 saturated heterocycles. The zero-order valence-electron chi connectivity index (χ0n) is 15.7. The van der Waals surface area contributed by atoms with Crippen LogP contribution in [0, 0.1) is 0 Å². The van der Waals surface area contributed by atoms with Crippen molar-refractivity contribution < 1.29 is 19.4 Å². The number of piperidine rings is 1. The maximum Gasteiger partial charge on any atom is 0.327 e. The fourth-order valence-corrected chi connectivity index (χ4v) is 3.84. The van der Waals surface area contributed by atoms with Gasteiger partial charge in [0.2, 0.25) is 0 Å². The second-order valence-corrected chi connectivity index (χ2v) is 7.29. The Kier molecular flexibility index (Phi) is 5.30. The highest BCUT2D eigenvalue weighted by atomic mass is 16.5. The average molecular weight is 380 g/mol. The van der Waals surface area contributed by atoms with Crippen molar-refractivity contribution in [2.75, 3.05) is 19.7 Å². The van der Waals surface area contributed by atoms with E-state index in [0.29, 0.717) is 18.7 Å². The quantitative estimate of drug-likeness (QED) is 0.783. The minimum atomic E-state index is -0.928. The third kappa shape index (κ3) is 3.73. The summed E-state index contributed by atoms with van der Waals surface area (Å²) in [7, 11) is 0. The molecule has 0 unspecified atom stereocenters. The van der Waals surface area contributed by atoms with E-state index in [1.54, 1.807) is 4.90 Å². The number of fused-ring (bicyclic) bond motifs is 1. The Bertz CT molecular complexity index is 813. The first-order chi connectivity index (χ1) is 13.6. The highest BCUT2D eigenvalue weighted by Gasteiger charge is 2.46. The van der Waals surface area contributed by atoms with E-state index >= 15 is 0 Å². The molecule has 28 heavy (non-hydrogen) atoms. The van der Waals surface area contributed by atoms with E-state index in [-0.39, 0.29) is 31.1 Å². The number of carbonyl (C=O) groups is 2. The third-order valence-electron chi connectivity index (χ3n) is 5.33. The topological polar surface area (TPSA) is 70.1 Å². The molecule has 1 N–H and O–H groups in total. The number of urea groups is 1. The normalized spacial score (nSPS) is 20.2. The van der Waals surface area contributed by atoms with Crippen LogP contribution in [0.25, 0.3) is 11.1 Å². The van der Waals surface area contributed by atoms with Crippen LogP contribution < -0.4 is 4.74 Å². The Hall–Kier alpha value is -2.86. The number of rotatable bonds is 6. The molecule has 0 aromatic heterocycles. The standard InChI is InChI=1S/C22H24N2O4/c25-18(14-24-21(26)20-8-4-5-13-23(20)22(24)27)15-28-19-11-9-17(10-12-19)16-6-2-1-3-7-16/h1-3,6-7,9-12,18,20,25H,4-5,8,13-15H2/t18-,20-/m1/s1. The van der Waals surface area contributed by atoms with Crippen LogP contribution in [0.2, 0.25) is 0 Å². The summed E-state index contributed by atoms with van der Waals surface area (Å²) in [5.41, 5.74) is 2.20. The smallest absolute Gasteiger partial charge is 0.327 e. The minimum absolute atomic E-state index is 0.0202. The van der Waals surface area contributed by atoms with Crippen molar-refractivity contribution in [3.05, 3.63) is 54.6 Å². The van der Waals surface area contributed by atoms with E-state index < -0.39 is 6.10 Å². The molecule has 2 atom stereocenters. The maximum absolute atomic E-state index is 12.4. The van der Waals surface area contributed by atoms with Gasteiger partial charge in [0.25, 0.3) is 5.91 Å². The lowest BCUT2D eigenvalue weighted by Crippen LogP contribution is -2.40. The Balaban J connectivity index is 1.31. The van der Waals surface area contributed by atoms with E-state index in [1.165, 1.54) is 4.90 Å². The van der Waals surface area contributed by atoms with E-state index in [0.717, 1.165) is 24.0 Å². The second kappa shape index (κ2) is 8.02. The lowest BCUT2D eigenvalue weighted by atomic mass is 10.0. The third-order valence-corrected chi connectivity index (χ3v) is 5.33. The molecular formula is C22H24N2O4. The van der Waals surface area contributed by atoms with Crippen molar-refractivity contribution >= 4 is 11.9 Å². The summed E-state index contributed by atoms with van der Waals surface area (Å²) in [5, 5.41) is 10.3. The van der Waals surface area contributed by atoms with Gasteiger partial charge in [-0.05, 0) is 42.5 Å². The van der Waals surface area contributed by atoms with Gasteiger partial charge in [0.1, 0.15) is 24.5 Å². The maximum atomic E-state index is 12.4. The van der Waals surface area contributed by atoms with E-state index in [2.05, 4.69) is 0 Å². The van der Waals surface area contributed by atoms with Crippen LogP contribution in [0.3, 0.4) is 0 Å². The molecule has 6 nitrogen and oxygen atoms in total. The van der Waals surface area contributed by atoms with Crippen LogP contribution >= 0.6 is 0 Å². The number of aliphatic hydroxyl groups excluding tert-OH is 1. The molecule has 146 valence electrons. The average Bonchev–Trinajstić information content (AvgIpc) is 2.98. The molecule has 6 heteroatoms. The number of nitrogens with zero attached hydrogens (tertiary/aromatic N) is 2. The van der Waals surface area contributed by atoms with Crippen molar-refractivity contribution in [3.8, 4) is 16.9 Å². The summed E-state index contributed by atoms with van der Waals surface area (Å²) >= 11 is 0. The molecule has 0 aliphatic carbocycles. The van der Waals surface area contributed by atoms with Crippen molar-refractivity contribution in [1.29, 1.82) is 0 Å². The van der Waals surface area contributed by atoms with Crippen LogP contribution in [-0.2, 0) is 4.79 Å². The first-order valence-corrected chi connectivity index (χ1v) is 9.72. The van der Waals surface area contributed by atoms with Crippen molar-refractivity contribution in [3.63, 3.8) is 0 Å². The molecule has 2 fully saturated rings. The number of hydrogen-bond acceptors (Lipinski definition) is 4. The largest absolute Gasteiger partial charge is 0.491 e. The SMILES string of the molecule is O=C1[C@H]2CCCCN2C(=O)N1C[C@@H](O)COc1ccc(-c2ccccc2)cc1. The highest BCUT2D eigenvalue weighted by Crippen LogP contribution is 2.27. The number of aliphatic hydroxyl groups is 1. The molecule has 2 aromatic carbocycles. The number of β-amino-alcohol motifs (C(OH)–C–C–N with tert-alkyl or cyclic N) is 1. The highest BCUT2D eigenvalue weighted by molar-refractivity contribution is 6.04. The number of hydrogen-bond donors (Lipinski definition) is 1. The van der Waals surface area contributed by atoms with Crippen LogP contribution in [0.5, 0.6) is 5.75 Å². The Morgan fingerprint density at radius 1 is 1.00 bits per heavy atom. The van der Waals surface area contributed by atoms with Gasteiger partial charge < -0.3 is 14.7 Å². The summed E-state index contributed by atoms with van der Waals surface area (Å²) in [6, 6.07) is 17.0. The minimum Gasteiger partial charge on any atom is -0.491 e. The summed E-state index contributed by atoms with van der Waals surface area (Å²) in [4.78, 5) is 27.7. The van der Waals surface area contributed by atoms with Gasteiger partial charge in [0.05, 0.1) is 6.54 Å². The van der Waals surface area contributed by atoms with Crippen LogP contribution in [0.1, 0.15) is 19.3 Å². The first kappa shape index (κ1) is 18.5. The van der Waals surface area contributed by atoms with Crippen LogP contribution in [0.15, 0.2) is 54.6 Å². The number of carbonyl (C=O) groups excluding carboxylic acids is 2. The van der Waals surface area contributed by atoms with Gasteiger partial charge in [-0.15, -0.1) is 0 Å². The van der Waals surface area contributed by atoms with Crippen molar-refractivity contribution in [1.82, 2.24) is 9.80 Å². The summed E-state index contributed by atoms with van der Waals surface area (Å²) in [6.07, 6.45) is 1.66. The van der Waals surface area contributed by atoms with Gasteiger partial charge in [0, 0.05) is 6.54 Å². The predicted molar refractivity (Wildman–Crippen MR) is 105 cm³/mol. The molecular weight excluding hydrogens is 356 g/mol. The van der Waals surface area contributed by atoms with Gasteiger partial charge in [-0.1, -0.05) is 42.5 Å². The Morgan fingerprint density at radius 2 is 1.71 bits per heavy atom. The number of imide groups is 1. The van der Waals surface area contributed by atoms with Crippen LogP contribution in [-0.4, -0.2) is 58.7 Å². The molecule has 0 spiro atoms. The number of amides is 3. The molecule has 2 heterocycles. The Labute approximate surface area is 164 Å². The van der Waals surface area contributed by atoms with Crippen LogP contribution in [0.4, 0.5) is 4.79 Å². The molecule has 3 amide bonds. The zero-order valence-corrected chi connectivity index (χ0v) is 15.7. The monoisotopic (exact) mass is 380 g/mol. The molecule has 0 radical (unpaired) electrons. The molecule has 4 rings (SSSR count). The Morgan fingerprint density at radius 3 is 2.43 bits per heavy atom. The van der Waals surface area contributed by atoms with Gasteiger partial charge >= 0.3 is 6.03 Å². The zero-order chi connectivity index (χ0) is 19.5. The molecule has 2 aliphatic heterocycles. The summed E-state index contributed by atoms with van der Waals surface area (Å²) < 4.78 is 5.65. The van der Waals surface area contributed by atoms with E-state index in [1.807, 2.05) is 54.6 Å². The summed E-state index contributed by atoms with van der Waals surface area (Å²) in [6.45, 7) is 0.602. The van der Waals surface area contributed by atoms with Gasteiger partial charge in [-0.2, -0.15) is 0 Å². The van der Waals surface area contributed by atoms with E-state index in [4.69, 9.17) is 4.74 Å². The lowest BCUT2D eigenvalue weighted by Gasteiger charge is -2.26. The fourth-order valence-electron chi connectivity index (χ4n) is 3.84. The number of ether oxygens (including phenoxy) is 1. The fraction of sp³-hybridized carbons (Fsp3) is 0.364. The lowest BCUT2D eigenvalue weighted by molar-refractivity contribution is -0.129. The molecule has 0 bridgehead atoms. The predicted octanol–water partition coefficient (Wildman–Crippen LogP) is 2.91. The van der Waals surface area contributed by atoms with Gasteiger partial charge in [-0.3, -0.25) is 9.69 Å². The molecule has 2 aliphatic rings. The van der Waals surface area contributed by atoms with Gasteiger partial charge in [-0.25, -0.2) is 4.79 Å². The van der Waals surface area contributed by atoms with Crippen molar-refractivity contribution in [2.24, 2.45) is 0 Å². The van der Waals surface area contributed by atoms with Gasteiger partial charge in [0.15, 0.2) is 0 Å². The molecule has 2 aromatic rings. The second-order valence-electron chi connectivity index (χ2n) is 7.29. The number of benzene rings is 2. The first-order valence-electron chi connectivity index (χ1n) is 9.72.